The van der Waals surface area contributed by atoms with Crippen LogP contribution in [-0.4, -0.2) is 16.1 Å². The van der Waals surface area contributed by atoms with Crippen LogP contribution >= 0.6 is 0 Å². The van der Waals surface area contributed by atoms with Gasteiger partial charge in [-0.2, -0.15) is 0 Å². The lowest BCUT2D eigenvalue weighted by molar-refractivity contribution is 0.0697. The van der Waals surface area contributed by atoms with Crippen molar-refractivity contribution >= 4 is 16.9 Å². The zero-order chi connectivity index (χ0) is 14.3. The van der Waals surface area contributed by atoms with Crippen molar-refractivity contribution in [1.29, 1.82) is 0 Å². The summed E-state index contributed by atoms with van der Waals surface area (Å²) < 4.78 is 0. The lowest BCUT2D eigenvalue weighted by Gasteiger charge is -2.05. The number of aromatic carboxylic acids is 1. The first-order chi connectivity index (χ1) is 9.56. The van der Waals surface area contributed by atoms with Crippen molar-refractivity contribution in [2.75, 3.05) is 0 Å². The lowest BCUT2D eigenvalue weighted by Crippen LogP contribution is -1.94. The second-order valence-electron chi connectivity index (χ2n) is 5.07. The molecule has 0 fully saturated rings. The van der Waals surface area contributed by atoms with Crippen LogP contribution in [-0.2, 0) is 0 Å². The van der Waals surface area contributed by atoms with Crippen molar-refractivity contribution in [3.05, 3.63) is 59.3 Å². The fraction of sp³-hybridized carbons (Fsp3) is 0.118. The third kappa shape index (κ3) is 1.97. The minimum absolute atomic E-state index is 0.308. The number of carboxylic acids is 1. The molecule has 3 rings (SSSR count). The van der Waals surface area contributed by atoms with Crippen molar-refractivity contribution in [2.24, 2.45) is 0 Å². The predicted molar refractivity (Wildman–Crippen MR) is 80.2 cm³/mol. The monoisotopic (exact) mass is 265 g/mol. The number of fused-ring (bicyclic) bond motifs is 1. The summed E-state index contributed by atoms with van der Waals surface area (Å²) >= 11 is 0. The topological polar surface area (TPSA) is 53.1 Å². The van der Waals surface area contributed by atoms with E-state index in [4.69, 9.17) is 5.11 Å². The number of benzene rings is 2. The van der Waals surface area contributed by atoms with E-state index in [1.165, 1.54) is 11.1 Å². The summed E-state index contributed by atoms with van der Waals surface area (Å²) in [6.07, 6.45) is 1.93. The molecular formula is C17H15NO2. The van der Waals surface area contributed by atoms with Gasteiger partial charge in [-0.05, 0) is 48.7 Å². The Morgan fingerprint density at radius 2 is 1.85 bits per heavy atom. The SMILES string of the molecule is Cc1ccc(-c2c[nH]c3ccc(C(=O)O)cc23)cc1C. The molecule has 2 N–H and O–H groups in total. The minimum Gasteiger partial charge on any atom is -0.478 e. The molecule has 0 saturated carbocycles. The second kappa shape index (κ2) is 4.53. The van der Waals surface area contributed by atoms with Crippen LogP contribution in [0.1, 0.15) is 21.5 Å². The number of rotatable bonds is 2. The van der Waals surface area contributed by atoms with Crippen LogP contribution in [0.5, 0.6) is 0 Å². The molecule has 0 aliphatic carbocycles. The molecule has 20 heavy (non-hydrogen) atoms. The summed E-state index contributed by atoms with van der Waals surface area (Å²) in [5.74, 6) is -0.904. The molecule has 2 aromatic carbocycles. The quantitative estimate of drug-likeness (QED) is 0.731. The highest BCUT2D eigenvalue weighted by Gasteiger charge is 2.10. The summed E-state index contributed by atoms with van der Waals surface area (Å²) in [5.41, 5.74) is 5.87. The molecule has 0 unspecified atom stereocenters. The summed E-state index contributed by atoms with van der Waals surface area (Å²) in [5, 5.41) is 10.1. The number of hydrogen-bond acceptors (Lipinski definition) is 1. The van der Waals surface area contributed by atoms with Crippen molar-refractivity contribution in [2.45, 2.75) is 13.8 Å². The number of H-pyrrole nitrogens is 1. The maximum absolute atomic E-state index is 11.1. The van der Waals surface area contributed by atoms with E-state index in [0.717, 1.165) is 22.0 Å². The molecule has 0 aliphatic heterocycles. The first kappa shape index (κ1) is 12.5. The van der Waals surface area contributed by atoms with Crippen LogP contribution in [0.3, 0.4) is 0 Å². The molecule has 3 nitrogen and oxygen atoms in total. The van der Waals surface area contributed by atoms with Crippen molar-refractivity contribution in [3.8, 4) is 11.1 Å². The van der Waals surface area contributed by atoms with Gasteiger partial charge in [0, 0.05) is 22.7 Å². The molecular weight excluding hydrogens is 250 g/mol. The fourth-order valence-electron chi connectivity index (χ4n) is 2.40. The summed E-state index contributed by atoms with van der Waals surface area (Å²) in [6, 6.07) is 11.4. The van der Waals surface area contributed by atoms with Gasteiger partial charge in [0.2, 0.25) is 0 Å². The predicted octanol–water partition coefficient (Wildman–Crippen LogP) is 4.15. The fourth-order valence-corrected chi connectivity index (χ4v) is 2.40. The van der Waals surface area contributed by atoms with Crippen LogP contribution in [0.15, 0.2) is 42.6 Å². The van der Waals surface area contributed by atoms with Crippen molar-refractivity contribution in [1.82, 2.24) is 4.98 Å². The molecule has 0 amide bonds. The largest absolute Gasteiger partial charge is 0.478 e. The summed E-state index contributed by atoms with van der Waals surface area (Å²) in [4.78, 5) is 14.3. The molecule has 0 aliphatic rings. The third-order valence-corrected chi connectivity index (χ3v) is 3.75. The van der Waals surface area contributed by atoms with Crippen LogP contribution in [0, 0.1) is 13.8 Å². The maximum Gasteiger partial charge on any atom is 0.335 e. The molecule has 3 aromatic rings. The molecule has 0 atom stereocenters. The van der Waals surface area contributed by atoms with E-state index in [9.17, 15) is 4.79 Å². The van der Waals surface area contributed by atoms with Gasteiger partial charge < -0.3 is 10.1 Å². The van der Waals surface area contributed by atoms with E-state index in [-0.39, 0.29) is 0 Å². The van der Waals surface area contributed by atoms with Crippen LogP contribution in [0.25, 0.3) is 22.0 Å². The van der Waals surface area contributed by atoms with E-state index in [1.54, 1.807) is 12.1 Å². The van der Waals surface area contributed by atoms with E-state index in [2.05, 4.69) is 37.0 Å². The Balaban J connectivity index is 2.22. The average molecular weight is 265 g/mol. The summed E-state index contributed by atoms with van der Waals surface area (Å²) in [7, 11) is 0. The average Bonchev–Trinajstić information content (AvgIpc) is 2.84. The molecule has 100 valence electrons. The number of aromatic amines is 1. The molecule has 0 bridgehead atoms. The molecule has 0 radical (unpaired) electrons. The Morgan fingerprint density at radius 1 is 1.05 bits per heavy atom. The maximum atomic E-state index is 11.1. The number of aromatic nitrogens is 1. The zero-order valence-corrected chi connectivity index (χ0v) is 11.4. The van der Waals surface area contributed by atoms with Crippen molar-refractivity contribution < 1.29 is 9.90 Å². The van der Waals surface area contributed by atoms with Crippen LogP contribution in [0.2, 0.25) is 0 Å². The highest BCUT2D eigenvalue weighted by molar-refractivity contribution is 6.00. The number of nitrogens with one attached hydrogen (secondary N) is 1. The number of hydrogen-bond donors (Lipinski definition) is 2. The number of aryl methyl sites for hydroxylation is 2. The third-order valence-electron chi connectivity index (χ3n) is 3.75. The zero-order valence-electron chi connectivity index (χ0n) is 11.4. The van der Waals surface area contributed by atoms with Gasteiger partial charge in [-0.3, -0.25) is 0 Å². The van der Waals surface area contributed by atoms with Gasteiger partial charge in [-0.25, -0.2) is 4.79 Å². The van der Waals surface area contributed by atoms with E-state index >= 15 is 0 Å². The van der Waals surface area contributed by atoms with Gasteiger partial charge in [-0.1, -0.05) is 18.2 Å². The highest BCUT2D eigenvalue weighted by Crippen LogP contribution is 2.30. The first-order valence-electron chi connectivity index (χ1n) is 6.48. The standard InChI is InChI=1S/C17H15NO2/c1-10-3-4-12(7-11(10)2)15-9-18-16-6-5-13(17(19)20)8-14(15)16/h3-9,18H,1-2H3,(H,19,20). The Morgan fingerprint density at radius 3 is 2.55 bits per heavy atom. The van der Waals surface area contributed by atoms with E-state index < -0.39 is 5.97 Å². The Bertz CT molecular complexity index is 815. The highest BCUT2D eigenvalue weighted by atomic mass is 16.4. The smallest absolute Gasteiger partial charge is 0.335 e. The Kier molecular flexibility index (Phi) is 2.83. The normalized spacial score (nSPS) is 10.9. The second-order valence-corrected chi connectivity index (χ2v) is 5.07. The molecule has 0 saturated heterocycles. The van der Waals surface area contributed by atoms with Crippen molar-refractivity contribution in [3.63, 3.8) is 0 Å². The van der Waals surface area contributed by atoms with Crippen LogP contribution < -0.4 is 0 Å². The van der Waals surface area contributed by atoms with Gasteiger partial charge in [0.05, 0.1) is 5.56 Å². The van der Waals surface area contributed by atoms with E-state index in [0.29, 0.717) is 5.56 Å². The van der Waals surface area contributed by atoms with E-state index in [1.807, 2.05) is 12.3 Å². The Labute approximate surface area is 116 Å². The van der Waals surface area contributed by atoms with Gasteiger partial charge in [0.25, 0.3) is 0 Å². The van der Waals surface area contributed by atoms with Crippen LogP contribution in [0.4, 0.5) is 0 Å². The molecule has 1 aromatic heterocycles. The van der Waals surface area contributed by atoms with Gasteiger partial charge in [-0.15, -0.1) is 0 Å². The minimum atomic E-state index is -0.904. The van der Waals surface area contributed by atoms with Gasteiger partial charge in [0.15, 0.2) is 0 Å². The van der Waals surface area contributed by atoms with Gasteiger partial charge in [0.1, 0.15) is 0 Å². The van der Waals surface area contributed by atoms with Gasteiger partial charge >= 0.3 is 5.97 Å². The number of carbonyl (C=O) groups is 1. The molecule has 0 spiro atoms. The lowest BCUT2D eigenvalue weighted by atomic mass is 9.99. The first-order valence-corrected chi connectivity index (χ1v) is 6.48. The summed E-state index contributed by atoms with van der Waals surface area (Å²) in [6.45, 7) is 4.16. The number of carboxylic acid groups (broad SMARTS) is 1. The molecule has 1 heterocycles. The Hall–Kier alpha value is -2.55. The molecule has 3 heteroatoms.